The Hall–Kier alpha value is -4.28. The number of fused-ring (bicyclic) bond motifs is 1. The molecule has 0 bridgehead atoms. The second-order valence-electron chi connectivity index (χ2n) is 6.86. The number of esters is 1. The predicted octanol–water partition coefficient (Wildman–Crippen LogP) is 2.08. The number of amides is 3. The molecule has 1 N–H and O–H groups in total. The third kappa shape index (κ3) is 4.56. The molecule has 1 aliphatic rings. The number of nitro groups is 1. The summed E-state index contributed by atoms with van der Waals surface area (Å²) < 4.78 is 9.87. The Balaban J connectivity index is 1.52. The van der Waals surface area contributed by atoms with Crippen LogP contribution in [0.5, 0.6) is 5.75 Å². The Morgan fingerprint density at radius 2 is 1.75 bits per heavy atom. The van der Waals surface area contributed by atoms with Crippen molar-refractivity contribution in [2.75, 3.05) is 25.6 Å². The topological polar surface area (TPSA) is 145 Å². The lowest BCUT2D eigenvalue weighted by Crippen LogP contribution is -2.32. The number of carbonyl (C=O) groups excluding carboxylic acids is 4. The number of methoxy groups -OCH3 is 1. The van der Waals surface area contributed by atoms with Gasteiger partial charge in [0.25, 0.3) is 17.7 Å². The molecule has 0 aromatic heterocycles. The molecule has 0 atom stereocenters. The maximum Gasteiger partial charge on any atom is 0.311 e. The minimum atomic E-state index is -0.769. The van der Waals surface area contributed by atoms with Crippen LogP contribution in [0.4, 0.5) is 11.4 Å². The quantitative estimate of drug-likeness (QED) is 0.284. The Kier molecular flexibility index (Phi) is 6.47. The molecule has 1 heterocycles. The van der Waals surface area contributed by atoms with Gasteiger partial charge in [-0.05, 0) is 24.6 Å². The van der Waals surface area contributed by atoms with Crippen LogP contribution in [-0.2, 0) is 14.3 Å². The summed E-state index contributed by atoms with van der Waals surface area (Å²) in [6.45, 7) is 0.779. The van der Waals surface area contributed by atoms with Crippen molar-refractivity contribution < 1.29 is 33.6 Å². The van der Waals surface area contributed by atoms with Gasteiger partial charge in [0.1, 0.15) is 0 Å². The van der Waals surface area contributed by atoms with E-state index in [-0.39, 0.29) is 41.2 Å². The van der Waals surface area contributed by atoms with Gasteiger partial charge >= 0.3 is 11.7 Å². The van der Waals surface area contributed by atoms with E-state index in [1.54, 1.807) is 19.1 Å². The number of imide groups is 1. The molecule has 32 heavy (non-hydrogen) atoms. The summed E-state index contributed by atoms with van der Waals surface area (Å²) in [6.07, 6.45) is -0.275. The fraction of sp³-hybridized carbons (Fsp3) is 0.238. The van der Waals surface area contributed by atoms with Crippen molar-refractivity contribution in [2.45, 2.75) is 13.3 Å². The molecule has 0 aliphatic carbocycles. The number of anilines is 1. The van der Waals surface area contributed by atoms with Gasteiger partial charge in [0.05, 0.1) is 29.6 Å². The van der Waals surface area contributed by atoms with Crippen LogP contribution in [0.2, 0.25) is 0 Å². The zero-order chi connectivity index (χ0) is 23.4. The average molecular weight is 441 g/mol. The summed E-state index contributed by atoms with van der Waals surface area (Å²) in [5.74, 6) is -2.45. The number of rotatable bonds is 8. The van der Waals surface area contributed by atoms with Crippen LogP contribution in [0.25, 0.3) is 0 Å². The Morgan fingerprint density at radius 1 is 1.12 bits per heavy atom. The van der Waals surface area contributed by atoms with Gasteiger partial charge in [0.2, 0.25) is 0 Å². The molecule has 166 valence electrons. The minimum absolute atomic E-state index is 0.0335. The van der Waals surface area contributed by atoms with Gasteiger partial charge in [-0.15, -0.1) is 0 Å². The number of carbonyl (C=O) groups is 4. The van der Waals surface area contributed by atoms with E-state index in [0.717, 1.165) is 4.90 Å². The highest BCUT2D eigenvalue weighted by Crippen LogP contribution is 2.32. The molecule has 0 saturated heterocycles. The first-order valence-electron chi connectivity index (χ1n) is 9.46. The largest absolute Gasteiger partial charge is 0.490 e. The first-order valence-corrected chi connectivity index (χ1v) is 9.46. The van der Waals surface area contributed by atoms with Crippen molar-refractivity contribution in [1.82, 2.24) is 4.90 Å². The van der Waals surface area contributed by atoms with Gasteiger partial charge < -0.3 is 14.8 Å². The second-order valence-corrected chi connectivity index (χ2v) is 6.86. The molecule has 2 aromatic carbocycles. The Morgan fingerprint density at radius 3 is 2.31 bits per heavy atom. The molecule has 3 amide bonds. The van der Waals surface area contributed by atoms with E-state index in [0.29, 0.717) is 5.56 Å². The maximum atomic E-state index is 12.3. The molecular formula is C21H19N3O8. The summed E-state index contributed by atoms with van der Waals surface area (Å²) in [4.78, 5) is 60.0. The van der Waals surface area contributed by atoms with Gasteiger partial charge in [-0.25, -0.2) is 0 Å². The normalized spacial score (nSPS) is 12.4. The molecule has 11 heteroatoms. The fourth-order valence-corrected chi connectivity index (χ4v) is 3.16. The molecule has 11 nitrogen and oxygen atoms in total. The van der Waals surface area contributed by atoms with E-state index >= 15 is 0 Å². The summed E-state index contributed by atoms with van der Waals surface area (Å²) in [5.41, 5.74) is 0.989. The lowest BCUT2D eigenvalue weighted by molar-refractivity contribution is -0.385. The summed E-state index contributed by atoms with van der Waals surface area (Å²) in [6, 6.07) is 8.91. The molecule has 0 spiro atoms. The van der Waals surface area contributed by atoms with Crippen LogP contribution in [0.1, 0.15) is 32.7 Å². The predicted molar refractivity (Wildman–Crippen MR) is 110 cm³/mol. The molecule has 1 aliphatic heterocycles. The fourth-order valence-electron chi connectivity index (χ4n) is 3.16. The van der Waals surface area contributed by atoms with Crippen molar-refractivity contribution >= 4 is 35.1 Å². The average Bonchev–Trinajstić information content (AvgIpc) is 3.01. The standard InChI is InChI=1S/C21H19N3O8/c1-12-9-16(24(29)30)17(31-2)10-15(12)22-18(25)11-32-19(26)7-8-23-20(27)13-5-3-4-6-14(13)21(23)28/h3-6,9-10H,7-8,11H2,1-2H3,(H,22,25). The zero-order valence-corrected chi connectivity index (χ0v) is 17.2. The van der Waals surface area contributed by atoms with E-state index in [1.807, 2.05) is 0 Å². The van der Waals surface area contributed by atoms with Gasteiger partial charge in [-0.3, -0.25) is 34.2 Å². The number of aryl methyl sites for hydroxylation is 1. The van der Waals surface area contributed by atoms with Crippen molar-refractivity contribution in [1.29, 1.82) is 0 Å². The smallest absolute Gasteiger partial charge is 0.311 e. The molecule has 0 saturated carbocycles. The van der Waals surface area contributed by atoms with Crippen LogP contribution in [0.15, 0.2) is 36.4 Å². The van der Waals surface area contributed by atoms with Crippen LogP contribution in [-0.4, -0.2) is 53.8 Å². The zero-order valence-electron chi connectivity index (χ0n) is 17.2. The number of ether oxygens (including phenoxy) is 2. The van der Waals surface area contributed by atoms with Gasteiger partial charge in [0, 0.05) is 24.4 Å². The highest BCUT2D eigenvalue weighted by Gasteiger charge is 2.35. The molecule has 0 radical (unpaired) electrons. The highest BCUT2D eigenvalue weighted by atomic mass is 16.6. The van der Waals surface area contributed by atoms with Crippen molar-refractivity contribution in [2.24, 2.45) is 0 Å². The lowest BCUT2D eigenvalue weighted by Gasteiger charge is -2.13. The first-order chi connectivity index (χ1) is 15.2. The summed E-state index contributed by atoms with van der Waals surface area (Å²) in [5, 5.41) is 13.5. The molecule has 3 rings (SSSR count). The number of hydrogen-bond donors (Lipinski definition) is 1. The maximum absolute atomic E-state index is 12.3. The van der Waals surface area contributed by atoms with Gasteiger partial charge in [-0.1, -0.05) is 12.1 Å². The van der Waals surface area contributed by atoms with E-state index in [2.05, 4.69) is 5.32 Å². The molecule has 2 aromatic rings. The van der Waals surface area contributed by atoms with E-state index in [9.17, 15) is 29.3 Å². The Bertz CT molecular complexity index is 1090. The van der Waals surface area contributed by atoms with E-state index < -0.39 is 35.2 Å². The van der Waals surface area contributed by atoms with Crippen LogP contribution in [0, 0.1) is 17.0 Å². The van der Waals surface area contributed by atoms with E-state index in [4.69, 9.17) is 9.47 Å². The molecular weight excluding hydrogens is 422 g/mol. The van der Waals surface area contributed by atoms with Crippen molar-refractivity contribution in [3.63, 3.8) is 0 Å². The molecule has 0 unspecified atom stereocenters. The third-order valence-corrected chi connectivity index (χ3v) is 4.78. The summed E-state index contributed by atoms with van der Waals surface area (Å²) in [7, 11) is 1.26. The van der Waals surface area contributed by atoms with Gasteiger partial charge in [0.15, 0.2) is 12.4 Å². The summed E-state index contributed by atoms with van der Waals surface area (Å²) >= 11 is 0. The van der Waals surface area contributed by atoms with Crippen LogP contribution >= 0.6 is 0 Å². The lowest BCUT2D eigenvalue weighted by atomic mass is 10.1. The number of nitrogens with zero attached hydrogens (tertiary/aromatic N) is 2. The third-order valence-electron chi connectivity index (χ3n) is 4.78. The number of nitro benzene ring substituents is 1. The molecule has 0 fully saturated rings. The minimum Gasteiger partial charge on any atom is -0.490 e. The van der Waals surface area contributed by atoms with Crippen LogP contribution in [0.3, 0.4) is 0 Å². The van der Waals surface area contributed by atoms with Crippen molar-refractivity contribution in [3.05, 3.63) is 63.2 Å². The second kappa shape index (κ2) is 9.25. The van der Waals surface area contributed by atoms with Crippen molar-refractivity contribution in [3.8, 4) is 5.75 Å². The number of benzene rings is 2. The van der Waals surface area contributed by atoms with Crippen LogP contribution < -0.4 is 10.1 Å². The Labute approximate surface area is 182 Å². The SMILES string of the molecule is COc1cc(NC(=O)COC(=O)CCN2C(=O)c3ccccc3C2=O)c(C)cc1[N+](=O)[O-]. The number of hydrogen-bond acceptors (Lipinski definition) is 8. The van der Waals surface area contributed by atoms with Gasteiger partial charge in [-0.2, -0.15) is 0 Å². The van der Waals surface area contributed by atoms with E-state index in [1.165, 1.54) is 31.4 Å². The highest BCUT2D eigenvalue weighted by molar-refractivity contribution is 6.21. The number of nitrogens with one attached hydrogen (secondary N) is 1. The first kappa shape index (κ1) is 22.4. The monoisotopic (exact) mass is 441 g/mol.